The molecule has 1 atom stereocenters. The molecule has 1 heterocycles. The molecule has 0 aliphatic carbocycles. The quantitative estimate of drug-likeness (QED) is 0.792. The largest absolute Gasteiger partial charge is 0.321 e. The van der Waals surface area contributed by atoms with E-state index in [0.29, 0.717) is 6.42 Å². The van der Waals surface area contributed by atoms with Crippen molar-refractivity contribution in [1.82, 2.24) is 4.98 Å². The lowest BCUT2D eigenvalue weighted by atomic mass is 9.86. The first-order valence-electron chi connectivity index (χ1n) is 6.93. The van der Waals surface area contributed by atoms with Crippen LogP contribution in [0.4, 0.5) is 4.39 Å². The number of fused-ring (bicyclic) bond motifs is 1. The van der Waals surface area contributed by atoms with Gasteiger partial charge in [0.05, 0.1) is 5.52 Å². The number of aromatic nitrogens is 1. The average Bonchev–Trinajstić information content (AvgIpc) is 2.46. The second-order valence-corrected chi connectivity index (χ2v) is 5.64. The Balaban J connectivity index is 1.95. The van der Waals surface area contributed by atoms with Crippen molar-refractivity contribution < 1.29 is 4.39 Å². The van der Waals surface area contributed by atoms with Crippen molar-refractivity contribution in [1.29, 1.82) is 0 Å². The molecule has 3 aromatic rings. The zero-order valence-electron chi connectivity index (χ0n) is 11.9. The number of rotatable bonds is 3. The Morgan fingerprint density at radius 2 is 1.95 bits per heavy atom. The minimum Gasteiger partial charge on any atom is -0.321 e. The van der Waals surface area contributed by atoms with Gasteiger partial charge in [0.15, 0.2) is 0 Å². The molecule has 1 aromatic heterocycles. The fourth-order valence-corrected chi connectivity index (χ4v) is 2.60. The number of pyridine rings is 1. The highest BCUT2D eigenvalue weighted by Crippen LogP contribution is 2.25. The second kappa shape index (κ2) is 5.26. The van der Waals surface area contributed by atoms with Crippen LogP contribution in [0.15, 0.2) is 60.8 Å². The summed E-state index contributed by atoms with van der Waals surface area (Å²) in [6.45, 7) is 1.97. The van der Waals surface area contributed by atoms with Gasteiger partial charge in [0.1, 0.15) is 5.82 Å². The smallest absolute Gasteiger partial charge is 0.123 e. The lowest BCUT2D eigenvalue weighted by Crippen LogP contribution is -2.35. The predicted octanol–water partition coefficient (Wildman–Crippen LogP) is 3.79. The van der Waals surface area contributed by atoms with Gasteiger partial charge in [-0.15, -0.1) is 0 Å². The molecule has 1 unspecified atom stereocenters. The summed E-state index contributed by atoms with van der Waals surface area (Å²) in [5, 5.41) is 1.06. The number of benzene rings is 2. The standard InChI is InChI=1S/C18H17FN2/c1-18(20,12-13-4-2-6-16(19)10-13)15-7-8-17-14(11-15)5-3-9-21-17/h2-11H,12,20H2,1H3. The molecule has 0 fully saturated rings. The number of halogens is 1. The second-order valence-electron chi connectivity index (χ2n) is 5.64. The van der Waals surface area contributed by atoms with Crippen molar-refractivity contribution in [2.24, 2.45) is 5.73 Å². The zero-order valence-corrected chi connectivity index (χ0v) is 11.9. The molecule has 0 saturated carbocycles. The summed E-state index contributed by atoms with van der Waals surface area (Å²) in [4.78, 5) is 4.31. The van der Waals surface area contributed by atoms with E-state index < -0.39 is 5.54 Å². The van der Waals surface area contributed by atoms with Crippen LogP contribution in [0.3, 0.4) is 0 Å². The Morgan fingerprint density at radius 3 is 2.76 bits per heavy atom. The van der Waals surface area contributed by atoms with Crippen LogP contribution in [-0.2, 0) is 12.0 Å². The highest BCUT2D eigenvalue weighted by Gasteiger charge is 2.22. The van der Waals surface area contributed by atoms with E-state index in [0.717, 1.165) is 22.0 Å². The van der Waals surface area contributed by atoms with E-state index in [1.807, 2.05) is 37.3 Å². The number of nitrogens with zero attached hydrogens (tertiary/aromatic N) is 1. The summed E-state index contributed by atoms with van der Waals surface area (Å²) in [6, 6.07) is 16.5. The molecule has 0 aliphatic rings. The van der Waals surface area contributed by atoms with Gasteiger partial charge in [-0.25, -0.2) is 4.39 Å². The highest BCUT2D eigenvalue weighted by atomic mass is 19.1. The Bertz CT molecular complexity index is 781. The Labute approximate surface area is 123 Å². The van der Waals surface area contributed by atoms with Gasteiger partial charge in [-0.3, -0.25) is 4.98 Å². The predicted molar refractivity (Wildman–Crippen MR) is 83.4 cm³/mol. The van der Waals surface area contributed by atoms with E-state index in [1.165, 1.54) is 12.1 Å². The van der Waals surface area contributed by atoms with E-state index in [-0.39, 0.29) is 5.82 Å². The van der Waals surface area contributed by atoms with Crippen molar-refractivity contribution in [2.75, 3.05) is 0 Å². The summed E-state index contributed by atoms with van der Waals surface area (Å²) in [5.74, 6) is -0.231. The van der Waals surface area contributed by atoms with E-state index in [9.17, 15) is 4.39 Å². The molecular weight excluding hydrogens is 263 g/mol. The lowest BCUT2D eigenvalue weighted by molar-refractivity contribution is 0.490. The van der Waals surface area contributed by atoms with Crippen molar-refractivity contribution in [2.45, 2.75) is 18.9 Å². The Hall–Kier alpha value is -2.26. The lowest BCUT2D eigenvalue weighted by Gasteiger charge is -2.26. The Kier molecular flexibility index (Phi) is 3.43. The fourth-order valence-electron chi connectivity index (χ4n) is 2.60. The average molecular weight is 280 g/mol. The van der Waals surface area contributed by atoms with Crippen LogP contribution in [0.1, 0.15) is 18.1 Å². The maximum Gasteiger partial charge on any atom is 0.123 e. The fraction of sp³-hybridized carbons (Fsp3) is 0.167. The molecule has 21 heavy (non-hydrogen) atoms. The van der Waals surface area contributed by atoms with E-state index in [4.69, 9.17) is 5.73 Å². The summed E-state index contributed by atoms with van der Waals surface area (Å²) in [6.07, 6.45) is 2.35. The van der Waals surface area contributed by atoms with Gasteiger partial charge in [0.25, 0.3) is 0 Å². The van der Waals surface area contributed by atoms with Gasteiger partial charge in [0.2, 0.25) is 0 Å². The topological polar surface area (TPSA) is 38.9 Å². The van der Waals surface area contributed by atoms with Crippen molar-refractivity contribution in [3.8, 4) is 0 Å². The van der Waals surface area contributed by atoms with Crippen LogP contribution < -0.4 is 5.73 Å². The zero-order chi connectivity index (χ0) is 14.9. The molecular formula is C18H17FN2. The molecule has 2 nitrogen and oxygen atoms in total. The Morgan fingerprint density at radius 1 is 1.10 bits per heavy atom. The van der Waals surface area contributed by atoms with Crippen molar-refractivity contribution in [3.05, 3.63) is 77.7 Å². The van der Waals surface area contributed by atoms with Crippen LogP contribution in [-0.4, -0.2) is 4.98 Å². The SMILES string of the molecule is CC(N)(Cc1cccc(F)c1)c1ccc2ncccc2c1. The summed E-state index contributed by atoms with van der Waals surface area (Å²) in [7, 11) is 0. The third kappa shape index (κ3) is 2.93. The molecule has 0 bridgehead atoms. The van der Waals surface area contributed by atoms with E-state index in [2.05, 4.69) is 11.1 Å². The van der Waals surface area contributed by atoms with Gasteiger partial charge in [-0.1, -0.05) is 24.3 Å². The minimum absolute atomic E-state index is 0.231. The number of hydrogen-bond donors (Lipinski definition) is 1. The van der Waals surface area contributed by atoms with E-state index in [1.54, 1.807) is 12.3 Å². The molecule has 2 N–H and O–H groups in total. The van der Waals surface area contributed by atoms with Gasteiger partial charge >= 0.3 is 0 Å². The normalized spacial score (nSPS) is 14.0. The molecule has 0 saturated heterocycles. The van der Waals surface area contributed by atoms with Crippen molar-refractivity contribution >= 4 is 10.9 Å². The monoisotopic (exact) mass is 280 g/mol. The first kappa shape index (κ1) is 13.7. The van der Waals surface area contributed by atoms with Crippen LogP contribution in [0, 0.1) is 5.82 Å². The third-order valence-electron chi connectivity index (χ3n) is 3.72. The molecule has 0 spiro atoms. The van der Waals surface area contributed by atoms with Gasteiger partial charge < -0.3 is 5.73 Å². The highest BCUT2D eigenvalue weighted by molar-refractivity contribution is 5.79. The first-order valence-corrected chi connectivity index (χ1v) is 6.93. The number of nitrogens with two attached hydrogens (primary N) is 1. The van der Waals surface area contributed by atoms with Gasteiger partial charge in [-0.2, -0.15) is 0 Å². The van der Waals surface area contributed by atoms with Crippen LogP contribution in [0.5, 0.6) is 0 Å². The molecule has 106 valence electrons. The van der Waals surface area contributed by atoms with Gasteiger partial charge in [-0.05, 0) is 54.8 Å². The van der Waals surface area contributed by atoms with Gasteiger partial charge in [0, 0.05) is 17.1 Å². The number of hydrogen-bond acceptors (Lipinski definition) is 2. The molecule has 0 aliphatic heterocycles. The van der Waals surface area contributed by atoms with Crippen LogP contribution in [0.25, 0.3) is 10.9 Å². The minimum atomic E-state index is -0.558. The summed E-state index contributed by atoms with van der Waals surface area (Å²) in [5.41, 5.74) is 8.77. The molecule has 3 rings (SSSR count). The van der Waals surface area contributed by atoms with E-state index >= 15 is 0 Å². The molecule has 2 aromatic carbocycles. The molecule has 0 amide bonds. The third-order valence-corrected chi connectivity index (χ3v) is 3.72. The first-order chi connectivity index (χ1) is 10.0. The molecule has 0 radical (unpaired) electrons. The van der Waals surface area contributed by atoms with Crippen LogP contribution in [0.2, 0.25) is 0 Å². The van der Waals surface area contributed by atoms with Crippen molar-refractivity contribution in [3.63, 3.8) is 0 Å². The maximum atomic E-state index is 13.3. The molecule has 3 heteroatoms. The van der Waals surface area contributed by atoms with Crippen LogP contribution >= 0.6 is 0 Å². The maximum absolute atomic E-state index is 13.3. The summed E-state index contributed by atoms with van der Waals surface area (Å²) >= 11 is 0. The summed E-state index contributed by atoms with van der Waals surface area (Å²) < 4.78 is 13.3.